The van der Waals surface area contributed by atoms with Crippen LogP contribution in [0.1, 0.15) is 113 Å². The fraction of sp³-hybridized carbons (Fsp3) is 0.304. The highest BCUT2D eigenvalue weighted by Crippen LogP contribution is 2.43. The van der Waals surface area contributed by atoms with Crippen LogP contribution < -0.4 is 64.2 Å². The lowest BCUT2D eigenvalue weighted by molar-refractivity contribution is -0.125. The molecule has 0 radical (unpaired) electrons. The first-order chi connectivity index (χ1) is 51.5. The lowest BCUT2D eigenvalue weighted by atomic mass is 10.0. The van der Waals surface area contributed by atoms with Gasteiger partial charge in [-0.1, -0.05) is 72.8 Å². The minimum Gasteiger partial charge on any atom is -0.444 e. The van der Waals surface area contributed by atoms with Crippen LogP contribution in [0.5, 0.6) is 0 Å². The normalized spacial score (nSPS) is 12.8. The van der Waals surface area contributed by atoms with Crippen molar-refractivity contribution in [1.82, 2.24) is 57.2 Å². The smallest absolute Gasteiger partial charge is 0.408 e. The molecule has 0 spiro atoms. The van der Waals surface area contributed by atoms with E-state index in [1.807, 2.05) is 6.07 Å². The Morgan fingerprint density at radius 2 is 0.569 bits per heavy atom. The Labute approximate surface area is 628 Å². The topological polar surface area (TPSA) is 431 Å². The number of alkyl carbamates (subject to hydrolysis) is 3. The van der Waals surface area contributed by atoms with Crippen LogP contribution in [-0.2, 0) is 52.6 Å². The molecule has 5 heterocycles. The van der Waals surface area contributed by atoms with Crippen LogP contribution in [0.25, 0.3) is 90.9 Å². The number of carbonyl (C=O) groups excluding carboxylic acids is 11. The predicted octanol–water partition coefficient (Wildman–Crippen LogP) is 9.63. The molecule has 8 bridgehead atoms. The highest BCUT2D eigenvalue weighted by atomic mass is 16.6. The molecule has 11 amide bonds. The third-order valence-electron chi connectivity index (χ3n) is 16.1. The Bertz CT molecular complexity index is 4850. The van der Waals surface area contributed by atoms with Gasteiger partial charge in [-0.05, 0) is 163 Å². The van der Waals surface area contributed by atoms with E-state index in [1.165, 1.54) is 27.7 Å². The van der Waals surface area contributed by atoms with Crippen molar-refractivity contribution in [1.29, 1.82) is 0 Å². The summed E-state index contributed by atoms with van der Waals surface area (Å²) in [6, 6.07) is 30.8. The number of carbonyl (C=O) groups is 11. The van der Waals surface area contributed by atoms with Crippen molar-refractivity contribution in [3.8, 4) is 44.5 Å². The highest BCUT2D eigenvalue weighted by molar-refractivity contribution is 6.09. The summed E-state index contributed by atoms with van der Waals surface area (Å²) in [6.45, 7) is 19.0. The lowest BCUT2D eigenvalue weighted by Crippen LogP contribution is -2.48. The maximum Gasteiger partial charge on any atom is 0.408 e. The van der Waals surface area contributed by atoms with E-state index in [0.717, 1.165) is 0 Å². The molecule has 30 heteroatoms. The number of hydrogen-bond acceptors (Lipinski definition) is 17. The maximum atomic E-state index is 14.2. The van der Waals surface area contributed by atoms with Crippen LogP contribution in [0.3, 0.4) is 0 Å². The summed E-state index contributed by atoms with van der Waals surface area (Å²) in [6.07, 6.45) is 4.62. The predicted molar refractivity (Wildman–Crippen MR) is 417 cm³/mol. The zero-order valence-electron chi connectivity index (χ0n) is 62.7. The number of ether oxygens (including phenoxy) is 3. The lowest BCUT2D eigenvalue weighted by Gasteiger charge is -2.21. The average molecular weight is 1490 g/mol. The number of hydrogen-bond donors (Lipinski definition) is 14. The van der Waals surface area contributed by atoms with Gasteiger partial charge in [0.2, 0.25) is 47.3 Å². The van der Waals surface area contributed by atoms with E-state index in [9.17, 15) is 52.7 Å². The highest BCUT2D eigenvalue weighted by Gasteiger charge is 2.29. The van der Waals surface area contributed by atoms with Crippen molar-refractivity contribution in [2.24, 2.45) is 5.73 Å². The zero-order valence-corrected chi connectivity index (χ0v) is 62.7. The average Bonchev–Trinajstić information content (AvgIpc) is 1.62. The molecule has 9 rings (SSSR count). The van der Waals surface area contributed by atoms with Crippen molar-refractivity contribution in [2.75, 3.05) is 47.4 Å². The van der Waals surface area contributed by atoms with Crippen molar-refractivity contribution < 1.29 is 67.0 Å². The molecule has 3 aromatic heterocycles. The van der Waals surface area contributed by atoms with E-state index in [1.54, 1.807) is 202 Å². The van der Waals surface area contributed by atoms with Gasteiger partial charge in [0, 0.05) is 89.3 Å². The van der Waals surface area contributed by atoms with Crippen LogP contribution >= 0.6 is 0 Å². The fourth-order valence-corrected chi connectivity index (χ4v) is 11.3. The molecule has 570 valence electrons. The van der Waals surface area contributed by atoms with Gasteiger partial charge in [-0.15, -0.1) is 0 Å². The number of nitrogens with zero attached hydrogens (tertiary/aromatic N) is 2. The van der Waals surface area contributed by atoms with Gasteiger partial charge < -0.3 is 88.4 Å². The van der Waals surface area contributed by atoms with E-state index >= 15 is 0 Å². The van der Waals surface area contributed by atoms with Gasteiger partial charge in [-0.2, -0.15) is 0 Å². The van der Waals surface area contributed by atoms with Crippen molar-refractivity contribution in [2.45, 2.75) is 131 Å². The number of para-hydroxylation sites is 4. The van der Waals surface area contributed by atoms with Gasteiger partial charge in [-0.3, -0.25) is 38.4 Å². The Balaban J connectivity index is 1.26. The summed E-state index contributed by atoms with van der Waals surface area (Å²) in [5.74, 6) is -5.05. The molecule has 0 saturated carbocycles. The standard InChI is InChI=1S/C79H90N16O14/c1-42(80)70(100)81-38-62(96)92-50-26-18-14-22-46(50)66-54-30-32-56(88-54)67(47-23-15-19-27-51(47)93-63(97)39-82-71(101)43(2)85-74(104)107-77(5,6)7)58-34-36-60(90-58)69(49-25-17-21-29-53(49)95-65(99)41-84-73(103)45(4)87-76(106)109-79(11,12)13)61-37-35-59(91-61)68(57-33-31-55(66)89-57)48-24-16-20-28-52(48)94-64(98)40-83-72(102)44(3)86-75(105)108-78(8,9)10/h14-37,42-45,88,91H,38-41,80H2,1-13H3,(H,81,100)(H,82,101)(H,83,102)(H,84,103)(H,85,104)(H,86,105)(H,87,106)(H,92,96)(H,93,97)(H,94,98)(H,95,99)/t42-,43-,44-,45-/m0/s1. The second kappa shape index (κ2) is 34.5. The van der Waals surface area contributed by atoms with Gasteiger partial charge >= 0.3 is 18.3 Å². The summed E-state index contributed by atoms with van der Waals surface area (Å²) in [5, 5.41) is 29.6. The van der Waals surface area contributed by atoms with Gasteiger partial charge in [0.25, 0.3) is 0 Å². The van der Waals surface area contributed by atoms with Crippen molar-refractivity contribution in [3.05, 3.63) is 144 Å². The fourth-order valence-electron chi connectivity index (χ4n) is 11.3. The van der Waals surface area contributed by atoms with E-state index in [0.29, 0.717) is 95.0 Å². The van der Waals surface area contributed by atoms with E-state index in [2.05, 4.69) is 68.5 Å². The first kappa shape index (κ1) is 80.1. The summed E-state index contributed by atoms with van der Waals surface area (Å²) in [7, 11) is 0. The summed E-state index contributed by atoms with van der Waals surface area (Å²) in [4.78, 5) is 165. The third kappa shape index (κ3) is 21.8. The van der Waals surface area contributed by atoms with E-state index in [-0.39, 0.29) is 17.1 Å². The zero-order chi connectivity index (χ0) is 79.2. The van der Waals surface area contributed by atoms with Crippen LogP contribution in [-0.4, -0.2) is 153 Å². The van der Waals surface area contributed by atoms with Crippen molar-refractivity contribution >= 4 is 135 Å². The SMILES string of the molecule is C[C@H](N)C(=O)NCC(=O)Nc1ccccc1-c1c2nc(c(-c3ccccc3NC(=O)CNC(=O)[C@H](C)NC(=O)OC(C)(C)C)c3ccc([nH]3)c(-c3ccccc3NC(=O)CNC(=O)[C@H](C)NC(=O)OC(C)(C)C)c3nc(c(-c4ccccc4NC(=O)CNC(=O)[C@H](C)NC(=O)OC(C)(C)C)c4ccc1[nH]4)C=C3)C=C2. The molecule has 15 N–H and O–H groups in total. The Morgan fingerprint density at radius 1 is 0.349 bits per heavy atom. The number of nitrogens with two attached hydrogens (primary N) is 1. The second-order valence-electron chi connectivity index (χ2n) is 28.6. The molecule has 2 aliphatic heterocycles. The van der Waals surface area contributed by atoms with Crippen LogP contribution in [0.4, 0.5) is 37.1 Å². The monoisotopic (exact) mass is 1490 g/mol. The summed E-state index contributed by atoms with van der Waals surface area (Å²) >= 11 is 0. The molecule has 0 saturated heterocycles. The molecule has 0 fully saturated rings. The molecule has 30 nitrogen and oxygen atoms in total. The number of nitrogens with one attached hydrogen (secondary N) is 13. The molecule has 0 unspecified atom stereocenters. The Morgan fingerprint density at radius 3 is 0.789 bits per heavy atom. The number of anilines is 4. The summed E-state index contributed by atoms with van der Waals surface area (Å²) in [5.41, 5.74) is 11.1. The van der Waals surface area contributed by atoms with E-state index in [4.69, 9.17) is 29.9 Å². The van der Waals surface area contributed by atoms with Gasteiger partial charge in [0.1, 0.15) is 34.9 Å². The molecular formula is C79H90N16O14. The molecule has 4 aromatic carbocycles. The van der Waals surface area contributed by atoms with Crippen LogP contribution in [0.2, 0.25) is 0 Å². The maximum absolute atomic E-state index is 14.2. The van der Waals surface area contributed by atoms with Crippen LogP contribution in [0.15, 0.2) is 121 Å². The summed E-state index contributed by atoms with van der Waals surface area (Å²) < 4.78 is 16.0. The quantitative estimate of drug-likeness (QED) is 0.0265. The number of aromatic amines is 2. The third-order valence-corrected chi connectivity index (χ3v) is 16.1. The van der Waals surface area contributed by atoms with E-state index < -0.39 is 133 Å². The Kier molecular flexibility index (Phi) is 25.4. The number of aromatic nitrogens is 4. The molecule has 109 heavy (non-hydrogen) atoms. The minimum atomic E-state index is -1.09. The van der Waals surface area contributed by atoms with Crippen molar-refractivity contribution in [3.63, 3.8) is 0 Å². The van der Waals surface area contributed by atoms with Gasteiger partial charge in [0.15, 0.2) is 0 Å². The number of amides is 11. The molecule has 7 aromatic rings. The van der Waals surface area contributed by atoms with Gasteiger partial charge in [-0.25, -0.2) is 24.4 Å². The second-order valence-corrected chi connectivity index (χ2v) is 28.6. The van der Waals surface area contributed by atoms with Gasteiger partial charge in [0.05, 0.1) is 55.0 Å². The molecule has 2 aliphatic rings. The first-order valence-corrected chi connectivity index (χ1v) is 35.1. The van der Waals surface area contributed by atoms with Crippen LogP contribution in [0, 0.1) is 0 Å². The minimum absolute atomic E-state index is 0.274. The molecular weight excluding hydrogens is 1400 g/mol. The number of benzene rings is 4. The molecule has 4 atom stereocenters. The molecule has 0 aliphatic carbocycles. The number of rotatable bonds is 23. The first-order valence-electron chi connectivity index (χ1n) is 35.1. The number of fused-ring (bicyclic) bond motifs is 8. The largest absolute Gasteiger partial charge is 0.444 e. The number of H-pyrrole nitrogens is 2. The Hall–Kier alpha value is -13.0.